The Bertz CT molecular complexity index is 715. The van der Waals surface area contributed by atoms with Gasteiger partial charge in [0.05, 0.1) is 0 Å². The minimum atomic E-state index is -0.546. The van der Waals surface area contributed by atoms with Crippen molar-refractivity contribution in [2.75, 3.05) is 17.2 Å². The summed E-state index contributed by atoms with van der Waals surface area (Å²) >= 11 is 0. The lowest BCUT2D eigenvalue weighted by atomic mass is 10.1. The smallest absolute Gasteiger partial charge is 0.421 e. The maximum atomic E-state index is 12.3. The van der Waals surface area contributed by atoms with Crippen LogP contribution in [0.4, 0.5) is 22.1 Å². The number of hydrogen-bond donors (Lipinski definition) is 1. The molecule has 1 aromatic carbocycles. The molecule has 1 aliphatic rings. The summed E-state index contributed by atoms with van der Waals surface area (Å²) in [7, 11) is 0. The fourth-order valence-electron chi connectivity index (χ4n) is 2.58. The molecule has 0 bridgehead atoms. The van der Waals surface area contributed by atoms with Crippen LogP contribution < -0.4 is 10.6 Å². The third-order valence-corrected chi connectivity index (χ3v) is 3.45. The van der Waals surface area contributed by atoms with Crippen molar-refractivity contribution in [2.24, 2.45) is 0 Å². The first-order chi connectivity index (χ1) is 10.3. The van der Waals surface area contributed by atoms with Crippen LogP contribution >= 0.6 is 0 Å². The fourth-order valence-corrected chi connectivity index (χ4v) is 2.58. The number of fused-ring (bicyclic) bond motifs is 1. The van der Waals surface area contributed by atoms with E-state index >= 15 is 0 Å². The van der Waals surface area contributed by atoms with Gasteiger partial charge >= 0.3 is 6.09 Å². The molecule has 0 saturated carbocycles. The molecule has 0 unspecified atom stereocenters. The van der Waals surface area contributed by atoms with E-state index in [9.17, 15) is 4.79 Å². The van der Waals surface area contributed by atoms with Crippen molar-refractivity contribution in [3.05, 3.63) is 36.2 Å². The Morgan fingerprint density at radius 1 is 1.36 bits per heavy atom. The van der Waals surface area contributed by atoms with Crippen molar-refractivity contribution in [3.8, 4) is 0 Å². The van der Waals surface area contributed by atoms with E-state index in [-0.39, 0.29) is 0 Å². The number of nitrogen functional groups attached to an aromatic ring is 1. The van der Waals surface area contributed by atoms with Crippen LogP contribution in [0.15, 0.2) is 30.6 Å². The zero-order valence-corrected chi connectivity index (χ0v) is 13.0. The number of nitrogens with two attached hydrogens (primary N) is 1. The average molecular weight is 300 g/mol. The first-order valence-corrected chi connectivity index (χ1v) is 7.28. The Hall–Kier alpha value is -2.50. The van der Waals surface area contributed by atoms with Crippen molar-refractivity contribution < 1.29 is 9.53 Å². The standard InChI is InChI=1S/C16H20N4O2/c1-16(2,3)22-15(21)20-9-7-18-14(20)19-8-6-11-10-12(17)4-5-13(11)19/h4-5,7,9-10H,6,8,17H2,1-3H3. The maximum absolute atomic E-state index is 12.3. The van der Waals surface area contributed by atoms with Gasteiger partial charge in [-0.05, 0) is 51.0 Å². The van der Waals surface area contributed by atoms with Crippen LogP contribution in [0.2, 0.25) is 0 Å². The van der Waals surface area contributed by atoms with Gasteiger partial charge in [-0.25, -0.2) is 14.3 Å². The quantitative estimate of drug-likeness (QED) is 0.820. The van der Waals surface area contributed by atoms with Crippen LogP contribution in [-0.4, -0.2) is 27.8 Å². The Balaban J connectivity index is 1.93. The minimum Gasteiger partial charge on any atom is -0.443 e. The van der Waals surface area contributed by atoms with E-state index in [4.69, 9.17) is 10.5 Å². The van der Waals surface area contributed by atoms with Gasteiger partial charge in [-0.15, -0.1) is 0 Å². The number of aromatic nitrogens is 2. The first kappa shape index (κ1) is 14.4. The second-order valence-corrected chi connectivity index (χ2v) is 6.37. The summed E-state index contributed by atoms with van der Waals surface area (Å²) in [5.74, 6) is 0.567. The molecule has 116 valence electrons. The number of hydrogen-bond acceptors (Lipinski definition) is 5. The summed E-state index contributed by atoms with van der Waals surface area (Å²) in [6.07, 6.45) is 3.68. The highest BCUT2D eigenvalue weighted by Gasteiger charge is 2.27. The molecular weight excluding hydrogens is 280 g/mol. The van der Waals surface area contributed by atoms with Gasteiger partial charge in [-0.2, -0.15) is 0 Å². The molecule has 0 saturated heterocycles. The van der Waals surface area contributed by atoms with Crippen molar-refractivity contribution in [1.82, 2.24) is 9.55 Å². The molecule has 0 fully saturated rings. The summed E-state index contributed by atoms with van der Waals surface area (Å²) in [4.78, 5) is 18.7. The fraction of sp³-hybridized carbons (Fsp3) is 0.375. The number of ether oxygens (including phenoxy) is 1. The average Bonchev–Trinajstić information content (AvgIpc) is 3.00. The molecule has 0 spiro atoms. The van der Waals surface area contributed by atoms with E-state index in [1.807, 2.05) is 43.9 Å². The highest BCUT2D eigenvalue weighted by atomic mass is 16.6. The number of rotatable bonds is 1. The Labute approximate surface area is 129 Å². The van der Waals surface area contributed by atoms with Gasteiger partial charge in [0.25, 0.3) is 0 Å². The van der Waals surface area contributed by atoms with Crippen molar-refractivity contribution in [1.29, 1.82) is 0 Å². The summed E-state index contributed by atoms with van der Waals surface area (Å²) in [5.41, 5.74) is 8.23. The van der Waals surface area contributed by atoms with Crippen LogP contribution in [-0.2, 0) is 11.2 Å². The van der Waals surface area contributed by atoms with Crippen LogP contribution in [0.5, 0.6) is 0 Å². The van der Waals surface area contributed by atoms with Crippen LogP contribution in [0, 0.1) is 0 Å². The molecule has 0 aliphatic carbocycles. The number of imidazole rings is 1. The number of nitrogens with zero attached hydrogens (tertiary/aromatic N) is 3. The molecular formula is C16H20N4O2. The monoisotopic (exact) mass is 300 g/mol. The third kappa shape index (κ3) is 2.64. The SMILES string of the molecule is CC(C)(C)OC(=O)n1ccnc1N1CCc2cc(N)ccc21. The molecule has 6 heteroatoms. The van der Waals surface area contributed by atoms with Crippen LogP contribution in [0.3, 0.4) is 0 Å². The molecule has 0 radical (unpaired) electrons. The zero-order chi connectivity index (χ0) is 15.9. The summed E-state index contributed by atoms with van der Waals surface area (Å²) < 4.78 is 6.87. The number of anilines is 3. The van der Waals surface area contributed by atoms with Crippen molar-refractivity contribution >= 4 is 23.4 Å². The topological polar surface area (TPSA) is 73.4 Å². The molecule has 3 rings (SSSR count). The molecule has 0 amide bonds. The Morgan fingerprint density at radius 3 is 2.86 bits per heavy atom. The summed E-state index contributed by atoms with van der Waals surface area (Å²) in [6.45, 7) is 6.29. The molecule has 2 N–H and O–H groups in total. The van der Waals surface area contributed by atoms with Gasteiger partial charge in [0, 0.05) is 30.3 Å². The number of benzene rings is 1. The van der Waals surface area contributed by atoms with Gasteiger partial charge in [-0.3, -0.25) is 0 Å². The zero-order valence-electron chi connectivity index (χ0n) is 13.0. The highest BCUT2D eigenvalue weighted by molar-refractivity contribution is 5.78. The second kappa shape index (κ2) is 5.05. The highest BCUT2D eigenvalue weighted by Crippen LogP contribution is 2.34. The number of carbonyl (C=O) groups is 1. The van der Waals surface area contributed by atoms with Gasteiger partial charge in [-0.1, -0.05) is 0 Å². The Kier molecular flexibility index (Phi) is 3.31. The summed E-state index contributed by atoms with van der Waals surface area (Å²) in [6, 6.07) is 5.79. The molecule has 1 aromatic heterocycles. The van der Waals surface area contributed by atoms with Gasteiger partial charge < -0.3 is 15.4 Å². The van der Waals surface area contributed by atoms with Crippen molar-refractivity contribution in [2.45, 2.75) is 32.8 Å². The van der Waals surface area contributed by atoms with Gasteiger partial charge in [0.2, 0.25) is 5.95 Å². The number of carbonyl (C=O) groups excluding carboxylic acids is 1. The predicted molar refractivity (Wildman–Crippen MR) is 85.4 cm³/mol. The van der Waals surface area contributed by atoms with E-state index in [2.05, 4.69) is 4.98 Å². The lowest BCUT2D eigenvalue weighted by Gasteiger charge is -2.23. The third-order valence-electron chi connectivity index (χ3n) is 3.45. The second-order valence-electron chi connectivity index (χ2n) is 6.37. The van der Waals surface area contributed by atoms with Crippen molar-refractivity contribution in [3.63, 3.8) is 0 Å². The molecule has 0 atom stereocenters. The molecule has 6 nitrogen and oxygen atoms in total. The molecule has 22 heavy (non-hydrogen) atoms. The molecule has 1 aliphatic heterocycles. The molecule has 2 heterocycles. The van der Waals surface area contributed by atoms with Crippen LogP contribution in [0.25, 0.3) is 0 Å². The van der Waals surface area contributed by atoms with Gasteiger partial charge in [0.15, 0.2) is 0 Å². The molecule has 2 aromatic rings. The van der Waals surface area contributed by atoms with Crippen LogP contribution in [0.1, 0.15) is 26.3 Å². The Morgan fingerprint density at radius 2 is 2.14 bits per heavy atom. The first-order valence-electron chi connectivity index (χ1n) is 7.28. The van der Waals surface area contributed by atoms with E-state index < -0.39 is 11.7 Å². The summed E-state index contributed by atoms with van der Waals surface area (Å²) in [5, 5.41) is 0. The van der Waals surface area contributed by atoms with E-state index in [1.54, 1.807) is 12.4 Å². The normalized spacial score (nSPS) is 14.0. The largest absolute Gasteiger partial charge is 0.443 e. The predicted octanol–water partition coefficient (Wildman–Crippen LogP) is 2.94. The van der Waals surface area contributed by atoms with E-state index in [1.165, 1.54) is 10.1 Å². The minimum absolute atomic E-state index is 0.427. The maximum Gasteiger partial charge on any atom is 0.421 e. The lowest BCUT2D eigenvalue weighted by molar-refractivity contribution is 0.0539. The lowest BCUT2D eigenvalue weighted by Crippen LogP contribution is -2.29. The van der Waals surface area contributed by atoms with E-state index in [0.29, 0.717) is 5.95 Å². The van der Waals surface area contributed by atoms with Gasteiger partial charge in [0.1, 0.15) is 5.60 Å². The van der Waals surface area contributed by atoms with E-state index in [0.717, 1.165) is 24.3 Å².